The Balaban J connectivity index is 1.28. The summed E-state index contributed by atoms with van der Waals surface area (Å²) in [6.07, 6.45) is -1.81. The summed E-state index contributed by atoms with van der Waals surface area (Å²) in [5.74, 6) is -1.35. The van der Waals surface area contributed by atoms with Crippen LogP contribution in [-0.4, -0.2) is 111 Å². The second kappa shape index (κ2) is 11.2. The van der Waals surface area contributed by atoms with E-state index in [1.54, 1.807) is 0 Å². The number of anilines is 1. The van der Waals surface area contributed by atoms with Crippen molar-refractivity contribution in [2.45, 2.75) is 68.4 Å². The highest BCUT2D eigenvalue weighted by Gasteiger charge is 2.45. The third-order valence-corrected chi connectivity index (χ3v) is 11.3. The summed E-state index contributed by atoms with van der Waals surface area (Å²) >= 11 is 6.10. The monoisotopic (exact) mass is 625 g/mol. The largest absolute Gasteiger partial charge is 0.446 e. The van der Waals surface area contributed by atoms with Crippen LogP contribution in [0.2, 0.25) is 5.28 Å². The number of ether oxygens (including phenoxy) is 2. The molecule has 5 heterocycles. The van der Waals surface area contributed by atoms with E-state index in [4.69, 9.17) is 30.9 Å². The van der Waals surface area contributed by atoms with Crippen LogP contribution in [-0.2, 0) is 18.6 Å². The zero-order chi connectivity index (χ0) is 29.0. The minimum Gasteiger partial charge on any atom is -0.446 e. The van der Waals surface area contributed by atoms with Gasteiger partial charge in [-0.15, -0.1) is 0 Å². The van der Waals surface area contributed by atoms with E-state index < -0.39 is 58.2 Å². The number of aromatic nitrogens is 4. The first-order chi connectivity index (χ1) is 18.7. The molecule has 0 aromatic carbocycles. The molecule has 1 amide bonds. The molecule has 2 aromatic heterocycles. The molecule has 0 saturated carbocycles. The molecule has 5 rings (SSSR count). The van der Waals surface area contributed by atoms with E-state index in [1.807, 2.05) is 0 Å². The second-order valence-electron chi connectivity index (χ2n) is 10.3. The molecule has 7 N–H and O–H groups in total. The molecular formula is C20H30ClN7O10P2. The number of aliphatic hydroxyl groups excluding tert-OH is 2. The number of piperidine rings is 1. The molecule has 2 bridgehead atoms. The van der Waals surface area contributed by atoms with Gasteiger partial charge in [-0.2, -0.15) is 9.97 Å². The Morgan fingerprint density at radius 3 is 2.50 bits per heavy atom. The highest BCUT2D eigenvalue weighted by atomic mass is 35.5. The molecule has 3 saturated heterocycles. The molecule has 0 aliphatic carbocycles. The standard InChI is InChI=1S/C20H30ClN7O10P2/c1-27-9-2-3-10(27)5-11(4-9)37-20(31)25-16-13-17(26-19(21)24-16)28(7-22-13)18-15(30)14(29)12(38-18)6-23-39(32,33)8-40(34,35)36/h7,9-12,14-15,18,29-30H,2-6,8H2,1H3,(H2,23,32,33)(H2,34,35,36)(H,24,25,26,31)/t9-,10+,11?,12-,14?,15?,18-/m1/s1. The maximum absolute atomic E-state index is 12.7. The quantitative estimate of drug-likeness (QED) is 0.153. The van der Waals surface area contributed by atoms with E-state index in [0.29, 0.717) is 12.1 Å². The van der Waals surface area contributed by atoms with Crippen LogP contribution in [0.5, 0.6) is 0 Å². The number of imidazole rings is 1. The van der Waals surface area contributed by atoms with Crippen LogP contribution in [0.25, 0.3) is 11.2 Å². The summed E-state index contributed by atoms with van der Waals surface area (Å²) in [6, 6.07) is 0.741. The van der Waals surface area contributed by atoms with E-state index in [1.165, 1.54) is 10.9 Å². The van der Waals surface area contributed by atoms with Crippen LogP contribution in [0.1, 0.15) is 31.9 Å². The molecule has 0 spiro atoms. The van der Waals surface area contributed by atoms with Gasteiger partial charge in [-0.1, -0.05) is 0 Å². The van der Waals surface area contributed by atoms with Crippen LogP contribution < -0.4 is 10.4 Å². The second-order valence-corrected chi connectivity index (χ2v) is 14.8. The number of hydrogen-bond donors (Lipinski definition) is 7. The normalized spacial score (nSPS) is 32.3. The van der Waals surface area contributed by atoms with Gasteiger partial charge in [0.05, 0.1) is 6.33 Å². The average Bonchev–Trinajstić information content (AvgIpc) is 3.42. The molecule has 40 heavy (non-hydrogen) atoms. The van der Waals surface area contributed by atoms with Crippen LogP contribution in [0.15, 0.2) is 6.33 Å². The van der Waals surface area contributed by atoms with E-state index in [9.17, 15) is 29.0 Å². The number of amides is 1. The summed E-state index contributed by atoms with van der Waals surface area (Å²) in [4.78, 5) is 55.1. The van der Waals surface area contributed by atoms with Gasteiger partial charge < -0.3 is 39.3 Å². The lowest BCUT2D eigenvalue weighted by atomic mass is 10.0. The van der Waals surface area contributed by atoms with Crippen molar-refractivity contribution in [3.63, 3.8) is 0 Å². The summed E-state index contributed by atoms with van der Waals surface area (Å²) in [6.45, 7) is -0.512. The number of hydrogen-bond acceptors (Lipinski definition) is 11. The van der Waals surface area contributed by atoms with Crippen molar-refractivity contribution in [2.75, 3.05) is 24.8 Å². The summed E-state index contributed by atoms with van der Waals surface area (Å²) in [7, 11) is -7.20. The molecule has 3 fully saturated rings. The first-order valence-corrected chi connectivity index (χ1v) is 16.5. The molecule has 8 atom stereocenters. The average molecular weight is 626 g/mol. The van der Waals surface area contributed by atoms with Gasteiger partial charge >= 0.3 is 13.7 Å². The number of rotatable bonds is 8. The first kappa shape index (κ1) is 29.7. The van der Waals surface area contributed by atoms with Gasteiger partial charge in [0.2, 0.25) is 5.28 Å². The van der Waals surface area contributed by atoms with Crippen molar-refractivity contribution < 1.29 is 48.3 Å². The maximum atomic E-state index is 12.7. The van der Waals surface area contributed by atoms with E-state index in [2.05, 4.69) is 37.3 Å². The van der Waals surface area contributed by atoms with Crippen molar-refractivity contribution >= 4 is 49.8 Å². The van der Waals surface area contributed by atoms with Crippen LogP contribution >= 0.6 is 26.7 Å². The summed E-state index contributed by atoms with van der Waals surface area (Å²) < 4.78 is 35.7. The maximum Gasteiger partial charge on any atom is 0.413 e. The third-order valence-electron chi connectivity index (χ3n) is 7.47. The van der Waals surface area contributed by atoms with Gasteiger partial charge in [-0.05, 0) is 31.5 Å². The Labute approximate surface area is 232 Å². The molecular weight excluding hydrogens is 596 g/mol. The van der Waals surface area contributed by atoms with Gasteiger partial charge in [0.25, 0.3) is 7.52 Å². The Morgan fingerprint density at radius 1 is 1.18 bits per heavy atom. The van der Waals surface area contributed by atoms with Crippen LogP contribution in [0.4, 0.5) is 10.6 Å². The van der Waals surface area contributed by atoms with Crippen LogP contribution in [0, 0.1) is 0 Å². The number of nitrogens with zero attached hydrogens (tertiary/aromatic N) is 5. The highest BCUT2D eigenvalue weighted by molar-refractivity contribution is 7.71. The number of fused-ring (bicyclic) bond motifs is 3. The minimum atomic E-state index is -4.80. The smallest absolute Gasteiger partial charge is 0.413 e. The van der Waals surface area contributed by atoms with Gasteiger partial charge in [0, 0.05) is 31.5 Å². The fraction of sp³-hybridized carbons (Fsp3) is 0.700. The lowest BCUT2D eigenvalue weighted by Gasteiger charge is -2.35. The van der Waals surface area contributed by atoms with Crippen LogP contribution in [0.3, 0.4) is 0 Å². The molecule has 3 aliphatic heterocycles. The zero-order valence-corrected chi connectivity index (χ0v) is 23.7. The Bertz CT molecular complexity index is 1360. The number of halogens is 1. The van der Waals surface area contributed by atoms with Crippen molar-refractivity contribution in [3.8, 4) is 0 Å². The zero-order valence-electron chi connectivity index (χ0n) is 21.1. The SMILES string of the molecule is CN1[C@@H]2CC[C@H]1CC(OC(=O)Nc1nc(Cl)nc3c1ncn3[C@@H]1O[C@H](CNP(=O)(O)CP(=O)(O)O)C(O)C1O)C2. The molecule has 17 nitrogen and oxygen atoms in total. The number of carbonyl (C=O) groups excluding carboxylic acids is 1. The summed E-state index contributed by atoms with van der Waals surface area (Å²) in [5, 5.41) is 25.5. The number of nitrogens with one attached hydrogen (secondary N) is 2. The number of aliphatic hydroxyl groups is 2. The third kappa shape index (κ3) is 6.35. The van der Waals surface area contributed by atoms with Gasteiger partial charge in [-0.25, -0.2) is 14.9 Å². The first-order valence-electron chi connectivity index (χ1n) is 12.4. The molecule has 222 valence electrons. The van der Waals surface area contributed by atoms with Gasteiger partial charge in [-0.3, -0.25) is 19.0 Å². The Morgan fingerprint density at radius 2 is 1.85 bits per heavy atom. The van der Waals surface area contributed by atoms with Crippen molar-refractivity contribution in [3.05, 3.63) is 11.6 Å². The van der Waals surface area contributed by atoms with Crippen molar-refractivity contribution in [2.24, 2.45) is 0 Å². The Kier molecular flexibility index (Phi) is 8.29. The predicted octanol–water partition coefficient (Wildman–Crippen LogP) is 0.183. The molecule has 0 radical (unpaired) electrons. The van der Waals surface area contributed by atoms with Crippen molar-refractivity contribution in [1.82, 2.24) is 29.5 Å². The molecule has 2 aromatic rings. The fourth-order valence-corrected chi connectivity index (χ4v) is 8.59. The lowest BCUT2D eigenvalue weighted by Crippen LogP contribution is -2.43. The predicted molar refractivity (Wildman–Crippen MR) is 139 cm³/mol. The minimum absolute atomic E-state index is 0.0421. The molecule has 20 heteroatoms. The molecule has 3 aliphatic rings. The van der Waals surface area contributed by atoms with E-state index >= 15 is 0 Å². The Hall–Kier alpha value is -1.75. The summed E-state index contributed by atoms with van der Waals surface area (Å²) in [5.41, 5.74) is 0.144. The van der Waals surface area contributed by atoms with Crippen molar-refractivity contribution in [1.29, 1.82) is 0 Å². The fourth-order valence-electron chi connectivity index (χ4n) is 5.56. The highest BCUT2D eigenvalue weighted by Crippen LogP contribution is 2.52. The van der Waals surface area contributed by atoms with Gasteiger partial charge in [0.1, 0.15) is 30.3 Å². The van der Waals surface area contributed by atoms with E-state index in [0.717, 1.165) is 25.7 Å². The number of carbonyl (C=O) groups is 1. The van der Waals surface area contributed by atoms with Gasteiger partial charge in [0.15, 0.2) is 23.2 Å². The van der Waals surface area contributed by atoms with E-state index in [-0.39, 0.29) is 28.4 Å². The molecule has 4 unspecified atom stereocenters. The lowest BCUT2D eigenvalue weighted by molar-refractivity contribution is -0.0331. The topological polar surface area (TPSA) is 242 Å².